The van der Waals surface area contributed by atoms with Gasteiger partial charge in [-0.15, -0.1) is 4.72 Å². The maximum atomic E-state index is 12.3. The molecule has 1 aromatic rings. The molecule has 5 heteroatoms. The average molecular weight is 301 g/mol. The zero-order chi connectivity index (χ0) is 14.0. The van der Waals surface area contributed by atoms with Gasteiger partial charge in [0.25, 0.3) is 0 Å². The molecule has 1 heterocycles. The van der Waals surface area contributed by atoms with Gasteiger partial charge in [0.1, 0.15) is 4.75 Å². The molecule has 1 aliphatic carbocycles. The van der Waals surface area contributed by atoms with E-state index < -0.39 is 11.4 Å². The zero-order valence-corrected chi connectivity index (χ0v) is 13.2. The molecule has 0 unspecified atom stereocenters. The van der Waals surface area contributed by atoms with Gasteiger partial charge in [0.2, 0.25) is 0 Å². The van der Waals surface area contributed by atoms with Gasteiger partial charge >= 0.3 is 0 Å². The standard InChI is InChI=1S/C14H21ClN2OS/c1-14(2,3)19(18)17-13(10-5-4-6-10)12-8-7-11(15)9-16-12/h7-10,13,17H,4-6H2,1-3H3/t13-,19+/m0/s1. The van der Waals surface area contributed by atoms with E-state index >= 15 is 0 Å². The monoisotopic (exact) mass is 300 g/mol. The number of nitrogens with zero attached hydrogens (tertiary/aromatic N) is 1. The van der Waals surface area contributed by atoms with Crippen LogP contribution in [0, 0.1) is 5.92 Å². The molecule has 1 fully saturated rings. The van der Waals surface area contributed by atoms with Gasteiger partial charge < -0.3 is 4.55 Å². The molecule has 1 aromatic heterocycles. The summed E-state index contributed by atoms with van der Waals surface area (Å²) < 4.78 is 15.3. The van der Waals surface area contributed by atoms with Crippen LogP contribution in [0.15, 0.2) is 18.3 Å². The third kappa shape index (κ3) is 3.85. The Morgan fingerprint density at radius 3 is 2.53 bits per heavy atom. The molecule has 3 nitrogen and oxygen atoms in total. The summed E-state index contributed by atoms with van der Waals surface area (Å²) in [6, 6.07) is 3.83. The van der Waals surface area contributed by atoms with E-state index in [1.807, 2.05) is 32.9 Å². The summed E-state index contributed by atoms with van der Waals surface area (Å²) >= 11 is 4.79. The molecule has 0 saturated heterocycles. The first-order valence-electron chi connectivity index (χ1n) is 6.67. The van der Waals surface area contributed by atoms with Crippen molar-refractivity contribution in [2.75, 3.05) is 0 Å². The van der Waals surface area contributed by atoms with E-state index in [0.717, 1.165) is 5.69 Å². The lowest BCUT2D eigenvalue weighted by Crippen LogP contribution is -2.44. The van der Waals surface area contributed by atoms with Crippen molar-refractivity contribution < 1.29 is 4.55 Å². The second-order valence-corrected chi connectivity index (χ2v) is 8.50. The second kappa shape index (κ2) is 6.00. The van der Waals surface area contributed by atoms with Gasteiger partial charge in [-0.1, -0.05) is 18.0 Å². The quantitative estimate of drug-likeness (QED) is 0.864. The molecule has 106 valence electrons. The summed E-state index contributed by atoms with van der Waals surface area (Å²) in [5.41, 5.74) is 0.937. The van der Waals surface area contributed by atoms with Crippen LogP contribution in [-0.4, -0.2) is 14.3 Å². The molecule has 0 radical (unpaired) electrons. The molecule has 0 bridgehead atoms. The maximum absolute atomic E-state index is 12.3. The van der Waals surface area contributed by atoms with Crippen molar-refractivity contribution in [3.8, 4) is 0 Å². The Hall–Kier alpha value is -0.290. The summed E-state index contributed by atoms with van der Waals surface area (Å²) in [5, 5.41) is 0.632. The number of pyridine rings is 1. The second-order valence-electron chi connectivity index (χ2n) is 6.07. The largest absolute Gasteiger partial charge is 0.598 e. The van der Waals surface area contributed by atoms with Crippen LogP contribution in [0.4, 0.5) is 0 Å². The van der Waals surface area contributed by atoms with Gasteiger partial charge in [-0.25, -0.2) is 0 Å². The van der Waals surface area contributed by atoms with Crippen molar-refractivity contribution in [2.45, 2.75) is 50.8 Å². The molecule has 2 rings (SSSR count). The van der Waals surface area contributed by atoms with Crippen LogP contribution in [0.1, 0.15) is 51.8 Å². The first-order chi connectivity index (χ1) is 8.88. The lowest BCUT2D eigenvalue weighted by Gasteiger charge is -2.36. The number of halogens is 1. The molecule has 1 N–H and O–H groups in total. The highest BCUT2D eigenvalue weighted by Gasteiger charge is 2.36. The van der Waals surface area contributed by atoms with Gasteiger partial charge in [-0.2, -0.15) is 0 Å². The van der Waals surface area contributed by atoms with E-state index in [-0.39, 0.29) is 10.8 Å². The molecule has 0 aliphatic heterocycles. The molecule has 0 amide bonds. The minimum Gasteiger partial charge on any atom is -0.598 e. The Morgan fingerprint density at radius 1 is 1.42 bits per heavy atom. The Morgan fingerprint density at radius 2 is 2.11 bits per heavy atom. The van der Waals surface area contributed by atoms with Crippen molar-refractivity contribution >= 4 is 23.0 Å². The Labute approximate surface area is 123 Å². The highest BCUT2D eigenvalue weighted by atomic mass is 35.5. The third-order valence-electron chi connectivity index (χ3n) is 3.48. The minimum absolute atomic E-state index is 0.0612. The fourth-order valence-corrected chi connectivity index (χ4v) is 3.04. The topological polar surface area (TPSA) is 48.0 Å². The summed E-state index contributed by atoms with van der Waals surface area (Å²) in [5.74, 6) is 0.528. The van der Waals surface area contributed by atoms with E-state index in [1.165, 1.54) is 19.3 Å². The smallest absolute Gasteiger partial charge is 0.136 e. The highest BCUT2D eigenvalue weighted by molar-refractivity contribution is 7.90. The summed E-state index contributed by atoms with van der Waals surface area (Å²) in [7, 11) is 0. The first kappa shape index (κ1) is 15.1. The fourth-order valence-electron chi connectivity index (χ4n) is 2.03. The fraction of sp³-hybridized carbons (Fsp3) is 0.643. The molecule has 0 spiro atoms. The van der Waals surface area contributed by atoms with Gasteiger partial charge in [0.15, 0.2) is 0 Å². The van der Waals surface area contributed by atoms with Crippen molar-refractivity contribution in [2.24, 2.45) is 5.92 Å². The van der Waals surface area contributed by atoms with Crippen LogP contribution in [0.2, 0.25) is 5.02 Å². The van der Waals surface area contributed by atoms with Gasteiger partial charge in [-0.05, 0) is 51.7 Å². The van der Waals surface area contributed by atoms with Crippen LogP contribution in [-0.2, 0) is 11.4 Å². The zero-order valence-electron chi connectivity index (χ0n) is 11.6. The Bertz CT molecular complexity index is 414. The van der Waals surface area contributed by atoms with Crippen molar-refractivity contribution in [3.05, 3.63) is 29.0 Å². The molecular formula is C14H21ClN2OS. The number of aromatic nitrogens is 1. The summed E-state index contributed by atoms with van der Waals surface area (Å²) in [4.78, 5) is 4.39. The predicted octanol–water partition coefficient (Wildman–Crippen LogP) is 3.63. The van der Waals surface area contributed by atoms with Crippen molar-refractivity contribution in [1.82, 2.24) is 9.71 Å². The average Bonchev–Trinajstić information content (AvgIpc) is 2.25. The number of nitrogens with one attached hydrogen (secondary N) is 1. The third-order valence-corrected chi connectivity index (χ3v) is 5.28. The summed E-state index contributed by atoms with van der Waals surface area (Å²) in [6.45, 7) is 5.93. The van der Waals surface area contributed by atoms with E-state index in [9.17, 15) is 4.55 Å². The van der Waals surface area contributed by atoms with Gasteiger partial charge in [0.05, 0.1) is 16.8 Å². The van der Waals surface area contributed by atoms with E-state index in [4.69, 9.17) is 11.6 Å². The van der Waals surface area contributed by atoms with Gasteiger partial charge in [-0.3, -0.25) is 4.98 Å². The molecule has 0 aromatic carbocycles. The van der Waals surface area contributed by atoms with E-state index in [2.05, 4.69) is 9.71 Å². The van der Waals surface area contributed by atoms with Crippen LogP contribution >= 0.6 is 11.6 Å². The molecular weight excluding hydrogens is 280 g/mol. The molecule has 2 atom stereocenters. The van der Waals surface area contributed by atoms with Crippen molar-refractivity contribution in [3.63, 3.8) is 0 Å². The van der Waals surface area contributed by atoms with Crippen molar-refractivity contribution in [1.29, 1.82) is 0 Å². The number of rotatable bonds is 4. The van der Waals surface area contributed by atoms with E-state index in [1.54, 1.807) is 6.20 Å². The van der Waals surface area contributed by atoms with Crippen LogP contribution in [0.3, 0.4) is 0 Å². The van der Waals surface area contributed by atoms with Crippen LogP contribution in [0.25, 0.3) is 0 Å². The number of hydrogen-bond acceptors (Lipinski definition) is 3. The molecule has 1 aliphatic rings. The Balaban J connectivity index is 2.14. The SMILES string of the molecule is CC(C)(C)[S@@+]([O-])N[C@H](c1ccc(Cl)cn1)C1CCC1. The number of hydrogen-bond donors (Lipinski definition) is 1. The van der Waals surface area contributed by atoms with Crippen LogP contribution in [0.5, 0.6) is 0 Å². The summed E-state index contributed by atoms with van der Waals surface area (Å²) in [6.07, 6.45) is 5.25. The lowest BCUT2D eigenvalue weighted by atomic mass is 9.79. The van der Waals surface area contributed by atoms with Crippen LogP contribution < -0.4 is 4.72 Å². The molecule has 1 saturated carbocycles. The maximum Gasteiger partial charge on any atom is 0.136 e. The minimum atomic E-state index is -1.08. The van der Waals surface area contributed by atoms with E-state index in [0.29, 0.717) is 10.9 Å². The van der Waals surface area contributed by atoms with Gasteiger partial charge in [0, 0.05) is 17.6 Å². The highest BCUT2D eigenvalue weighted by Crippen LogP contribution is 2.38. The first-order valence-corrected chi connectivity index (χ1v) is 8.20. The molecule has 19 heavy (non-hydrogen) atoms. The lowest BCUT2D eigenvalue weighted by molar-refractivity contribution is 0.246. The Kier molecular flexibility index (Phi) is 4.77. The normalized spacial score (nSPS) is 19.8. The predicted molar refractivity (Wildman–Crippen MR) is 80.4 cm³/mol.